The number of aliphatic hydroxyl groups is 1. The number of carbonyl (C=O) groups is 2. The van der Waals surface area contributed by atoms with Crippen LogP contribution in [-0.2, 0) is 9.59 Å². The summed E-state index contributed by atoms with van der Waals surface area (Å²) in [5.74, 6) is -0.983. The van der Waals surface area contributed by atoms with Crippen molar-refractivity contribution in [3.63, 3.8) is 0 Å². The van der Waals surface area contributed by atoms with Gasteiger partial charge in [0.15, 0.2) is 0 Å². The summed E-state index contributed by atoms with van der Waals surface area (Å²) in [6.45, 7) is 5.54. The Kier molecular flexibility index (Phi) is 5.21. The van der Waals surface area contributed by atoms with Gasteiger partial charge in [0.25, 0.3) is 0 Å². The summed E-state index contributed by atoms with van der Waals surface area (Å²) in [6.07, 6.45) is 0. The summed E-state index contributed by atoms with van der Waals surface area (Å²) in [5, 5.41) is 11.3. The number of hydrogen-bond acceptors (Lipinski definition) is 4. The Labute approximate surface area is 95.2 Å². The fourth-order valence-corrected chi connectivity index (χ4v) is 1.70. The molecular weight excluding hydrogens is 210 g/mol. The van der Waals surface area contributed by atoms with Gasteiger partial charge in [0.2, 0.25) is 0 Å². The van der Waals surface area contributed by atoms with Crippen molar-refractivity contribution in [2.45, 2.75) is 6.92 Å². The second kappa shape index (κ2) is 6.44. The first-order valence-corrected chi connectivity index (χ1v) is 5.59. The minimum atomic E-state index is -0.530. The van der Waals surface area contributed by atoms with Crippen molar-refractivity contribution in [3.05, 3.63) is 0 Å². The molecule has 6 heteroatoms. The number of likely N-dealkylation sites (N-methyl/N-ethyl adjacent to an activating group) is 1. The van der Waals surface area contributed by atoms with E-state index in [-0.39, 0.29) is 6.61 Å². The molecule has 1 saturated heterocycles. The third-order valence-corrected chi connectivity index (χ3v) is 2.61. The topological polar surface area (TPSA) is 72.9 Å². The zero-order chi connectivity index (χ0) is 12.0. The Balaban J connectivity index is 2.35. The summed E-state index contributed by atoms with van der Waals surface area (Å²) < 4.78 is 0. The van der Waals surface area contributed by atoms with Crippen molar-refractivity contribution in [1.29, 1.82) is 0 Å². The van der Waals surface area contributed by atoms with Crippen LogP contribution in [-0.4, -0.2) is 72.6 Å². The molecule has 0 aromatic carbocycles. The van der Waals surface area contributed by atoms with Gasteiger partial charge in [-0.15, -0.1) is 0 Å². The van der Waals surface area contributed by atoms with E-state index in [9.17, 15) is 9.59 Å². The highest BCUT2D eigenvalue weighted by Crippen LogP contribution is 2.01. The maximum Gasteiger partial charge on any atom is 0.311 e. The van der Waals surface area contributed by atoms with E-state index in [0.717, 1.165) is 0 Å². The number of nitrogens with zero attached hydrogens (tertiary/aromatic N) is 2. The highest BCUT2D eigenvalue weighted by Gasteiger charge is 2.24. The number of aliphatic hydroxyl groups excluding tert-OH is 1. The minimum Gasteiger partial charge on any atom is -0.395 e. The molecule has 0 aromatic rings. The summed E-state index contributed by atoms with van der Waals surface area (Å²) in [5.41, 5.74) is 0. The van der Waals surface area contributed by atoms with Crippen LogP contribution in [0.2, 0.25) is 0 Å². The number of amides is 2. The van der Waals surface area contributed by atoms with E-state index in [4.69, 9.17) is 5.11 Å². The normalized spacial score (nSPS) is 17.2. The number of carbonyl (C=O) groups excluding carboxylic acids is 2. The molecule has 0 atom stereocenters. The molecule has 1 fully saturated rings. The second-order valence-electron chi connectivity index (χ2n) is 3.72. The van der Waals surface area contributed by atoms with Gasteiger partial charge in [0.05, 0.1) is 6.61 Å². The van der Waals surface area contributed by atoms with Gasteiger partial charge in [-0.3, -0.25) is 14.5 Å². The van der Waals surface area contributed by atoms with Gasteiger partial charge >= 0.3 is 11.8 Å². The fraction of sp³-hybridized carbons (Fsp3) is 0.800. The van der Waals surface area contributed by atoms with Gasteiger partial charge in [0, 0.05) is 39.3 Å². The van der Waals surface area contributed by atoms with Gasteiger partial charge in [-0.05, 0) is 6.92 Å². The molecule has 0 radical (unpaired) electrons. The van der Waals surface area contributed by atoms with Gasteiger partial charge in [-0.25, -0.2) is 0 Å². The maximum absolute atomic E-state index is 11.6. The first-order chi connectivity index (χ1) is 7.69. The average Bonchev–Trinajstić information content (AvgIpc) is 2.30. The van der Waals surface area contributed by atoms with Crippen LogP contribution in [0.3, 0.4) is 0 Å². The molecule has 6 nitrogen and oxygen atoms in total. The zero-order valence-corrected chi connectivity index (χ0v) is 9.61. The van der Waals surface area contributed by atoms with Crippen molar-refractivity contribution in [3.8, 4) is 0 Å². The van der Waals surface area contributed by atoms with Crippen LogP contribution in [0.25, 0.3) is 0 Å². The zero-order valence-electron chi connectivity index (χ0n) is 9.61. The van der Waals surface area contributed by atoms with Crippen LogP contribution in [0, 0.1) is 0 Å². The molecule has 1 rings (SSSR count). The minimum absolute atomic E-state index is 0.129. The maximum atomic E-state index is 11.6. The SMILES string of the molecule is CCNC(=O)C(=O)N1CCN(CCO)CC1. The van der Waals surface area contributed by atoms with E-state index in [0.29, 0.717) is 39.3 Å². The van der Waals surface area contributed by atoms with Gasteiger partial charge in [-0.1, -0.05) is 0 Å². The monoisotopic (exact) mass is 229 g/mol. The summed E-state index contributed by atoms with van der Waals surface area (Å²) in [6, 6.07) is 0. The molecule has 1 heterocycles. The lowest BCUT2D eigenvalue weighted by Crippen LogP contribution is -2.52. The smallest absolute Gasteiger partial charge is 0.311 e. The van der Waals surface area contributed by atoms with Crippen LogP contribution in [0.15, 0.2) is 0 Å². The molecule has 2 amide bonds. The molecule has 92 valence electrons. The van der Waals surface area contributed by atoms with Gasteiger partial charge in [-0.2, -0.15) is 0 Å². The number of rotatable bonds is 3. The molecular formula is C10H19N3O3. The fourth-order valence-electron chi connectivity index (χ4n) is 1.70. The van der Waals surface area contributed by atoms with Crippen LogP contribution in [0.4, 0.5) is 0 Å². The van der Waals surface area contributed by atoms with Crippen molar-refractivity contribution >= 4 is 11.8 Å². The molecule has 0 bridgehead atoms. The van der Waals surface area contributed by atoms with E-state index in [1.54, 1.807) is 11.8 Å². The summed E-state index contributed by atoms with van der Waals surface area (Å²) in [4.78, 5) is 26.5. The quantitative estimate of drug-likeness (QED) is 0.563. The predicted octanol–water partition coefficient (Wildman–Crippen LogP) is -1.74. The molecule has 16 heavy (non-hydrogen) atoms. The number of piperazine rings is 1. The largest absolute Gasteiger partial charge is 0.395 e. The van der Waals surface area contributed by atoms with Crippen molar-refractivity contribution in [2.75, 3.05) is 45.9 Å². The lowest BCUT2D eigenvalue weighted by atomic mass is 10.3. The van der Waals surface area contributed by atoms with Crippen LogP contribution < -0.4 is 5.32 Å². The highest BCUT2D eigenvalue weighted by molar-refractivity contribution is 6.35. The molecule has 0 saturated carbocycles. The molecule has 0 unspecified atom stereocenters. The highest BCUT2D eigenvalue weighted by atomic mass is 16.3. The molecule has 0 aliphatic carbocycles. The first-order valence-electron chi connectivity index (χ1n) is 5.59. The van der Waals surface area contributed by atoms with Gasteiger partial charge < -0.3 is 15.3 Å². The van der Waals surface area contributed by atoms with Crippen LogP contribution in [0.5, 0.6) is 0 Å². The van der Waals surface area contributed by atoms with Gasteiger partial charge in [0.1, 0.15) is 0 Å². The van der Waals surface area contributed by atoms with E-state index in [1.165, 1.54) is 0 Å². The molecule has 0 spiro atoms. The number of nitrogens with one attached hydrogen (secondary N) is 1. The Morgan fingerprint density at radius 3 is 2.38 bits per heavy atom. The second-order valence-corrected chi connectivity index (χ2v) is 3.72. The molecule has 0 aromatic heterocycles. The third-order valence-electron chi connectivity index (χ3n) is 2.61. The van der Waals surface area contributed by atoms with Crippen LogP contribution in [0.1, 0.15) is 6.92 Å². The number of hydrogen-bond donors (Lipinski definition) is 2. The molecule has 1 aliphatic heterocycles. The lowest BCUT2D eigenvalue weighted by Gasteiger charge is -2.33. The molecule has 2 N–H and O–H groups in total. The summed E-state index contributed by atoms with van der Waals surface area (Å²) in [7, 11) is 0. The number of β-amino-alcohol motifs (C(OH)–C–C–N with tert-alkyl or cyclic N) is 1. The van der Waals surface area contributed by atoms with E-state index >= 15 is 0 Å². The van der Waals surface area contributed by atoms with E-state index < -0.39 is 11.8 Å². The van der Waals surface area contributed by atoms with Crippen LogP contribution >= 0.6 is 0 Å². The Morgan fingerprint density at radius 1 is 1.25 bits per heavy atom. The predicted molar refractivity (Wildman–Crippen MR) is 58.8 cm³/mol. The standard InChI is InChI=1S/C10H19N3O3/c1-2-11-9(15)10(16)13-5-3-12(4-6-13)7-8-14/h14H,2-8H2,1H3,(H,11,15). The first kappa shape index (κ1) is 12.9. The summed E-state index contributed by atoms with van der Waals surface area (Å²) >= 11 is 0. The van der Waals surface area contributed by atoms with Crippen molar-refractivity contribution < 1.29 is 14.7 Å². The average molecular weight is 229 g/mol. The molecule has 1 aliphatic rings. The van der Waals surface area contributed by atoms with Crippen molar-refractivity contribution in [2.24, 2.45) is 0 Å². The van der Waals surface area contributed by atoms with E-state index in [2.05, 4.69) is 10.2 Å². The van der Waals surface area contributed by atoms with Crippen molar-refractivity contribution in [1.82, 2.24) is 15.1 Å². The lowest BCUT2D eigenvalue weighted by molar-refractivity contribution is -0.146. The Hall–Kier alpha value is -1.14. The Morgan fingerprint density at radius 2 is 1.88 bits per heavy atom. The van der Waals surface area contributed by atoms with E-state index in [1.807, 2.05) is 0 Å². The Bertz CT molecular complexity index is 250. The third kappa shape index (κ3) is 3.46.